The van der Waals surface area contributed by atoms with Gasteiger partial charge in [-0.25, -0.2) is 14.2 Å². The number of carbonyl (C=O) groups is 2. The van der Waals surface area contributed by atoms with Gasteiger partial charge in [0.2, 0.25) is 11.9 Å². The third kappa shape index (κ3) is 11.3. The van der Waals surface area contributed by atoms with Crippen LogP contribution < -0.4 is 16.0 Å². The van der Waals surface area contributed by atoms with Crippen LogP contribution in [0.4, 0.5) is 29.3 Å². The first kappa shape index (κ1) is 30.8. The minimum Gasteiger partial charge on any atom is -0.475 e. The van der Waals surface area contributed by atoms with Crippen LogP contribution >= 0.6 is 0 Å². The molecule has 1 aromatic carbocycles. The minimum absolute atomic E-state index is 0.0442. The Kier molecular flexibility index (Phi) is 11.7. The van der Waals surface area contributed by atoms with Gasteiger partial charge in [0.05, 0.1) is 0 Å². The number of nitrogens with zero attached hydrogens (tertiary/aromatic N) is 2. The Morgan fingerprint density at radius 3 is 2.26 bits per heavy atom. The Hall–Kier alpha value is -3.44. The highest BCUT2D eigenvalue weighted by molar-refractivity contribution is 5.84. The Bertz CT molecular complexity index is 1040. The molecule has 1 fully saturated rings. The molecule has 210 valence electrons. The zero-order valence-corrected chi connectivity index (χ0v) is 21.7. The summed E-state index contributed by atoms with van der Waals surface area (Å²) in [6.07, 6.45) is 0.884. The molecule has 1 saturated carbocycles. The first-order valence-corrected chi connectivity index (χ1v) is 12.5. The summed E-state index contributed by atoms with van der Waals surface area (Å²) in [4.78, 5) is 30.8. The number of carbonyl (C=O) groups excluding carboxylic acids is 1. The Balaban J connectivity index is 0.000000638. The van der Waals surface area contributed by atoms with E-state index in [1.54, 1.807) is 12.1 Å². The van der Waals surface area contributed by atoms with Crippen molar-refractivity contribution in [1.29, 1.82) is 0 Å². The second-order valence-corrected chi connectivity index (χ2v) is 9.64. The number of halogens is 4. The first-order chi connectivity index (χ1) is 17.8. The van der Waals surface area contributed by atoms with Gasteiger partial charge in [-0.2, -0.15) is 18.2 Å². The maximum absolute atomic E-state index is 13.0. The molecule has 0 saturated heterocycles. The van der Waals surface area contributed by atoms with Gasteiger partial charge in [0.15, 0.2) is 0 Å². The van der Waals surface area contributed by atoms with Gasteiger partial charge in [0.1, 0.15) is 17.7 Å². The summed E-state index contributed by atoms with van der Waals surface area (Å²) in [5.74, 6) is -1.41. The third-order valence-corrected chi connectivity index (χ3v) is 5.75. The van der Waals surface area contributed by atoms with Crippen LogP contribution in [-0.2, 0) is 16.0 Å². The minimum atomic E-state index is -5.08. The summed E-state index contributed by atoms with van der Waals surface area (Å²) >= 11 is 0. The molecule has 2 aromatic rings. The number of carboxylic acids is 1. The summed E-state index contributed by atoms with van der Waals surface area (Å²) < 4.78 is 44.8. The van der Waals surface area contributed by atoms with Gasteiger partial charge < -0.3 is 21.1 Å². The number of carboxylic acid groups (broad SMARTS) is 1. The molecule has 12 heteroatoms. The second kappa shape index (κ2) is 14.5. The number of rotatable bonds is 10. The van der Waals surface area contributed by atoms with Crippen LogP contribution in [0.15, 0.2) is 30.3 Å². The van der Waals surface area contributed by atoms with Crippen molar-refractivity contribution in [2.75, 3.05) is 17.2 Å². The van der Waals surface area contributed by atoms with E-state index in [2.05, 4.69) is 39.8 Å². The van der Waals surface area contributed by atoms with Crippen LogP contribution in [0.2, 0.25) is 0 Å². The van der Waals surface area contributed by atoms with Crippen LogP contribution in [0.1, 0.15) is 57.2 Å². The number of aryl methyl sites for hydroxylation is 1. The van der Waals surface area contributed by atoms with Gasteiger partial charge in [-0.05, 0) is 56.2 Å². The average molecular weight is 542 g/mol. The number of benzene rings is 1. The maximum Gasteiger partial charge on any atom is 0.490 e. The zero-order valence-electron chi connectivity index (χ0n) is 21.7. The predicted octanol–water partition coefficient (Wildman–Crippen LogP) is 5.10. The molecule has 1 aliphatic rings. The fraction of sp³-hybridized carbons (Fsp3) is 0.538. The number of amides is 1. The van der Waals surface area contributed by atoms with E-state index in [0.29, 0.717) is 30.3 Å². The fourth-order valence-corrected chi connectivity index (χ4v) is 3.94. The predicted molar refractivity (Wildman–Crippen MR) is 136 cm³/mol. The van der Waals surface area contributed by atoms with Crippen molar-refractivity contribution in [3.8, 4) is 0 Å². The quantitative estimate of drug-likeness (QED) is 0.310. The normalized spacial score (nSPS) is 14.4. The molecule has 3 rings (SSSR count). The second-order valence-electron chi connectivity index (χ2n) is 9.64. The van der Waals surface area contributed by atoms with Crippen molar-refractivity contribution in [1.82, 2.24) is 15.3 Å². The molecule has 8 nitrogen and oxygen atoms in total. The number of nitrogens with one attached hydrogen (secondary N) is 3. The van der Waals surface area contributed by atoms with Gasteiger partial charge in [-0.1, -0.05) is 38.8 Å². The molecule has 0 bridgehead atoms. The van der Waals surface area contributed by atoms with Crippen LogP contribution in [-0.4, -0.2) is 51.8 Å². The number of aliphatic carboxylic acids is 1. The zero-order chi connectivity index (χ0) is 28.3. The number of aromatic nitrogens is 2. The van der Waals surface area contributed by atoms with Crippen LogP contribution in [0.5, 0.6) is 0 Å². The SMILES string of the molecule is Cc1cc(N[C@@H](CC(C)C)C(=O)NC2CCCC2)nc(NCCc2ccc(F)cc2)n1.O=C(O)C(F)(F)F. The van der Waals surface area contributed by atoms with Gasteiger partial charge in [0, 0.05) is 24.3 Å². The molecule has 1 aromatic heterocycles. The Labute approximate surface area is 219 Å². The van der Waals surface area contributed by atoms with Gasteiger partial charge in [-0.15, -0.1) is 0 Å². The molecule has 1 atom stereocenters. The summed E-state index contributed by atoms with van der Waals surface area (Å²) in [5, 5.41) is 16.9. The highest BCUT2D eigenvalue weighted by atomic mass is 19.4. The van der Waals surface area contributed by atoms with E-state index >= 15 is 0 Å². The lowest BCUT2D eigenvalue weighted by atomic mass is 10.0. The van der Waals surface area contributed by atoms with Crippen molar-refractivity contribution in [3.63, 3.8) is 0 Å². The molecule has 1 amide bonds. The molecule has 0 spiro atoms. The number of hydrogen-bond donors (Lipinski definition) is 4. The fourth-order valence-electron chi connectivity index (χ4n) is 3.94. The lowest BCUT2D eigenvalue weighted by Gasteiger charge is -2.23. The van der Waals surface area contributed by atoms with E-state index in [-0.39, 0.29) is 17.8 Å². The van der Waals surface area contributed by atoms with Crippen molar-refractivity contribution in [3.05, 3.63) is 47.4 Å². The molecular weight excluding hydrogens is 506 g/mol. The third-order valence-electron chi connectivity index (χ3n) is 5.75. The summed E-state index contributed by atoms with van der Waals surface area (Å²) in [5.41, 5.74) is 1.86. The summed E-state index contributed by atoms with van der Waals surface area (Å²) in [6.45, 7) is 6.77. The molecule has 0 aliphatic heterocycles. The molecule has 0 radical (unpaired) electrons. The molecule has 1 aliphatic carbocycles. The van der Waals surface area contributed by atoms with Gasteiger partial charge >= 0.3 is 12.1 Å². The molecular formula is C26H35F4N5O3. The Morgan fingerprint density at radius 2 is 1.71 bits per heavy atom. The molecule has 4 N–H and O–H groups in total. The topological polar surface area (TPSA) is 116 Å². The largest absolute Gasteiger partial charge is 0.490 e. The Morgan fingerprint density at radius 1 is 1.11 bits per heavy atom. The van der Waals surface area contributed by atoms with Crippen molar-refractivity contribution in [2.24, 2.45) is 5.92 Å². The standard InChI is InChI=1S/C24H34FN5O.C2HF3O2/c1-16(2)14-21(23(31)28-20-6-4-5-7-20)29-22-15-17(3)27-24(30-22)26-13-12-18-8-10-19(25)11-9-18;3-2(4,5)1(6)7/h8-11,15-16,20-21H,4-7,12-14H2,1-3H3,(H,28,31)(H2,26,27,29,30);(H,6,7)/t21-;/m0./s1. The lowest BCUT2D eigenvalue weighted by molar-refractivity contribution is -0.192. The van der Waals surface area contributed by atoms with E-state index in [4.69, 9.17) is 9.90 Å². The van der Waals surface area contributed by atoms with E-state index in [9.17, 15) is 22.4 Å². The smallest absolute Gasteiger partial charge is 0.475 e. The van der Waals surface area contributed by atoms with E-state index < -0.39 is 12.1 Å². The number of alkyl halides is 3. The highest BCUT2D eigenvalue weighted by Crippen LogP contribution is 2.20. The van der Waals surface area contributed by atoms with Gasteiger partial charge in [-0.3, -0.25) is 4.79 Å². The van der Waals surface area contributed by atoms with Crippen LogP contribution in [0, 0.1) is 18.7 Å². The van der Waals surface area contributed by atoms with Crippen LogP contribution in [0.25, 0.3) is 0 Å². The molecule has 0 unspecified atom stereocenters. The highest BCUT2D eigenvalue weighted by Gasteiger charge is 2.38. The van der Waals surface area contributed by atoms with Crippen molar-refractivity contribution in [2.45, 2.75) is 77.6 Å². The van der Waals surface area contributed by atoms with Crippen molar-refractivity contribution < 1.29 is 32.3 Å². The van der Waals surface area contributed by atoms with Crippen LogP contribution in [0.3, 0.4) is 0 Å². The maximum atomic E-state index is 13.0. The number of hydrogen-bond acceptors (Lipinski definition) is 6. The van der Waals surface area contributed by atoms with E-state index in [0.717, 1.165) is 36.9 Å². The monoisotopic (exact) mass is 541 g/mol. The van der Waals surface area contributed by atoms with E-state index in [1.807, 2.05) is 13.0 Å². The molecule has 38 heavy (non-hydrogen) atoms. The van der Waals surface area contributed by atoms with Crippen molar-refractivity contribution >= 4 is 23.6 Å². The average Bonchev–Trinajstić information content (AvgIpc) is 3.32. The number of anilines is 2. The molecule has 1 heterocycles. The van der Waals surface area contributed by atoms with Gasteiger partial charge in [0.25, 0.3) is 0 Å². The lowest BCUT2D eigenvalue weighted by Crippen LogP contribution is -2.44. The summed E-state index contributed by atoms with van der Waals surface area (Å²) in [7, 11) is 0. The summed E-state index contributed by atoms with van der Waals surface area (Å²) in [6, 6.07) is 8.31. The van der Waals surface area contributed by atoms with E-state index in [1.165, 1.54) is 25.0 Å². The first-order valence-electron chi connectivity index (χ1n) is 12.5.